The van der Waals surface area contributed by atoms with Gasteiger partial charge in [0.1, 0.15) is 22.5 Å². The molecule has 0 saturated heterocycles. The molecule has 2 heterocycles. The summed E-state index contributed by atoms with van der Waals surface area (Å²) in [4.78, 5) is 12.3. The van der Waals surface area contributed by atoms with Gasteiger partial charge in [-0.2, -0.15) is 8.75 Å². The SMILES string of the molecule is COc1cccc(-c2cc(CNC(=O)c3ccc4nsnc4c3)no2)c1. The summed E-state index contributed by atoms with van der Waals surface area (Å²) in [7, 11) is 1.61. The molecule has 7 nitrogen and oxygen atoms in total. The molecule has 4 aromatic rings. The average Bonchev–Trinajstić information content (AvgIpc) is 3.34. The number of hydrogen-bond donors (Lipinski definition) is 1. The van der Waals surface area contributed by atoms with E-state index in [0.29, 0.717) is 22.5 Å². The van der Waals surface area contributed by atoms with Crippen molar-refractivity contribution in [3.05, 3.63) is 59.8 Å². The fraction of sp³-hybridized carbons (Fsp3) is 0.111. The van der Waals surface area contributed by atoms with Crippen LogP contribution < -0.4 is 10.1 Å². The number of rotatable bonds is 5. The summed E-state index contributed by atoms with van der Waals surface area (Å²) in [6, 6.07) is 14.5. The number of carbonyl (C=O) groups is 1. The third-order valence-corrected chi connectivity index (χ3v) is 4.42. The van der Waals surface area contributed by atoms with Gasteiger partial charge in [-0.15, -0.1) is 0 Å². The summed E-state index contributed by atoms with van der Waals surface area (Å²) in [5, 5.41) is 6.83. The molecule has 1 amide bonds. The Bertz CT molecular complexity index is 1070. The van der Waals surface area contributed by atoms with E-state index in [1.807, 2.05) is 24.3 Å². The van der Waals surface area contributed by atoms with Crippen LogP contribution in [0.4, 0.5) is 0 Å². The lowest BCUT2D eigenvalue weighted by Crippen LogP contribution is -2.22. The van der Waals surface area contributed by atoms with Gasteiger partial charge in [0.2, 0.25) is 0 Å². The van der Waals surface area contributed by atoms with Crippen molar-refractivity contribution in [2.24, 2.45) is 0 Å². The summed E-state index contributed by atoms with van der Waals surface area (Å²) in [6.07, 6.45) is 0. The monoisotopic (exact) mass is 366 g/mol. The number of aromatic nitrogens is 3. The molecule has 2 aromatic carbocycles. The molecule has 0 bridgehead atoms. The molecule has 26 heavy (non-hydrogen) atoms. The van der Waals surface area contributed by atoms with Crippen molar-refractivity contribution in [1.82, 2.24) is 19.2 Å². The van der Waals surface area contributed by atoms with Gasteiger partial charge in [-0.1, -0.05) is 17.3 Å². The van der Waals surface area contributed by atoms with Gasteiger partial charge in [0.15, 0.2) is 5.76 Å². The second-order valence-electron chi connectivity index (χ2n) is 5.56. The van der Waals surface area contributed by atoms with Crippen LogP contribution in [-0.2, 0) is 6.54 Å². The molecular formula is C18H14N4O3S. The van der Waals surface area contributed by atoms with Crippen molar-refractivity contribution in [2.45, 2.75) is 6.54 Å². The number of nitrogens with zero attached hydrogens (tertiary/aromatic N) is 3. The van der Waals surface area contributed by atoms with Crippen molar-refractivity contribution < 1.29 is 14.1 Å². The first-order chi connectivity index (χ1) is 12.7. The van der Waals surface area contributed by atoms with Crippen LogP contribution in [0.25, 0.3) is 22.4 Å². The van der Waals surface area contributed by atoms with E-state index in [-0.39, 0.29) is 12.5 Å². The maximum absolute atomic E-state index is 12.3. The van der Waals surface area contributed by atoms with Crippen LogP contribution in [-0.4, -0.2) is 26.9 Å². The molecule has 0 saturated carbocycles. The van der Waals surface area contributed by atoms with Gasteiger partial charge in [-0.25, -0.2) is 0 Å². The molecule has 8 heteroatoms. The second-order valence-corrected chi connectivity index (χ2v) is 6.09. The lowest BCUT2D eigenvalue weighted by atomic mass is 10.1. The van der Waals surface area contributed by atoms with Crippen molar-refractivity contribution in [3.8, 4) is 17.1 Å². The summed E-state index contributed by atoms with van der Waals surface area (Å²) in [5.41, 5.74) is 3.51. The summed E-state index contributed by atoms with van der Waals surface area (Å²) >= 11 is 1.12. The largest absolute Gasteiger partial charge is 0.497 e. The van der Waals surface area contributed by atoms with E-state index in [2.05, 4.69) is 19.2 Å². The van der Waals surface area contributed by atoms with Crippen LogP contribution in [0.15, 0.2) is 53.1 Å². The van der Waals surface area contributed by atoms with Crippen molar-refractivity contribution in [1.29, 1.82) is 0 Å². The minimum atomic E-state index is -0.203. The van der Waals surface area contributed by atoms with Crippen molar-refractivity contribution in [3.63, 3.8) is 0 Å². The molecule has 1 N–H and O–H groups in total. The highest BCUT2D eigenvalue weighted by Crippen LogP contribution is 2.24. The van der Waals surface area contributed by atoms with Gasteiger partial charge in [0, 0.05) is 17.2 Å². The Labute approximate surface area is 152 Å². The highest BCUT2D eigenvalue weighted by molar-refractivity contribution is 7.00. The summed E-state index contributed by atoms with van der Waals surface area (Å²) in [6.45, 7) is 0.264. The van der Waals surface area contributed by atoms with E-state index in [0.717, 1.165) is 28.6 Å². The lowest BCUT2D eigenvalue weighted by Gasteiger charge is -2.02. The van der Waals surface area contributed by atoms with E-state index >= 15 is 0 Å². The number of nitrogens with one attached hydrogen (secondary N) is 1. The first-order valence-electron chi connectivity index (χ1n) is 7.83. The van der Waals surface area contributed by atoms with Crippen molar-refractivity contribution >= 4 is 28.7 Å². The third kappa shape index (κ3) is 3.27. The highest BCUT2D eigenvalue weighted by atomic mass is 32.1. The molecule has 0 aliphatic rings. The number of benzene rings is 2. The number of fused-ring (bicyclic) bond motifs is 1. The molecule has 0 unspecified atom stereocenters. The van der Waals surface area contributed by atoms with Gasteiger partial charge in [-0.05, 0) is 30.3 Å². The van der Waals surface area contributed by atoms with Crippen LogP contribution in [0.2, 0.25) is 0 Å². The van der Waals surface area contributed by atoms with E-state index < -0.39 is 0 Å². The molecule has 0 fully saturated rings. The zero-order chi connectivity index (χ0) is 17.9. The van der Waals surface area contributed by atoms with Gasteiger partial charge in [0.25, 0.3) is 5.91 Å². The van der Waals surface area contributed by atoms with E-state index in [4.69, 9.17) is 9.26 Å². The van der Waals surface area contributed by atoms with E-state index in [1.54, 1.807) is 31.4 Å². The quantitative estimate of drug-likeness (QED) is 0.583. The van der Waals surface area contributed by atoms with Crippen LogP contribution >= 0.6 is 11.7 Å². The normalized spacial score (nSPS) is 10.8. The fourth-order valence-electron chi connectivity index (χ4n) is 2.50. The summed E-state index contributed by atoms with van der Waals surface area (Å²) < 4.78 is 18.8. The Balaban J connectivity index is 1.44. The molecule has 2 aromatic heterocycles. The Morgan fingerprint density at radius 1 is 1.15 bits per heavy atom. The molecule has 0 aliphatic heterocycles. The standard InChI is InChI=1S/C18H14N4O3S/c1-24-14-4-2-3-11(7-14)17-9-13(20-25-17)10-19-18(23)12-5-6-15-16(8-12)22-26-21-15/h2-9H,10H2,1H3,(H,19,23). The minimum absolute atomic E-state index is 0.203. The molecule has 0 radical (unpaired) electrons. The lowest BCUT2D eigenvalue weighted by molar-refractivity contribution is 0.0950. The first-order valence-corrected chi connectivity index (χ1v) is 8.56. The van der Waals surface area contributed by atoms with Crippen molar-refractivity contribution in [2.75, 3.05) is 7.11 Å². The Morgan fingerprint density at radius 3 is 2.92 bits per heavy atom. The molecule has 4 rings (SSSR count). The molecule has 0 aliphatic carbocycles. The van der Waals surface area contributed by atoms with Gasteiger partial charge < -0.3 is 14.6 Å². The Kier molecular flexibility index (Phi) is 4.32. The predicted octanol–water partition coefficient (Wildman–Crippen LogP) is 3.28. The second kappa shape index (κ2) is 6.93. The highest BCUT2D eigenvalue weighted by Gasteiger charge is 2.11. The summed E-state index contributed by atoms with van der Waals surface area (Å²) in [5.74, 6) is 1.15. The molecule has 0 spiro atoms. The Hall–Kier alpha value is -3.26. The Morgan fingerprint density at radius 2 is 2.04 bits per heavy atom. The average molecular weight is 366 g/mol. The third-order valence-electron chi connectivity index (χ3n) is 3.86. The predicted molar refractivity (Wildman–Crippen MR) is 97.1 cm³/mol. The smallest absolute Gasteiger partial charge is 0.251 e. The minimum Gasteiger partial charge on any atom is -0.497 e. The fourth-order valence-corrected chi connectivity index (χ4v) is 3.02. The molecule has 130 valence electrons. The number of carbonyl (C=O) groups excluding carboxylic acids is 1. The number of hydrogen-bond acceptors (Lipinski definition) is 7. The molecular weight excluding hydrogens is 352 g/mol. The van der Waals surface area contributed by atoms with Crippen LogP contribution in [0.3, 0.4) is 0 Å². The number of amides is 1. The van der Waals surface area contributed by atoms with Gasteiger partial charge >= 0.3 is 0 Å². The molecule has 0 atom stereocenters. The maximum Gasteiger partial charge on any atom is 0.251 e. The topological polar surface area (TPSA) is 90.1 Å². The number of ether oxygens (including phenoxy) is 1. The number of methoxy groups -OCH3 is 1. The van der Waals surface area contributed by atoms with Crippen LogP contribution in [0.5, 0.6) is 5.75 Å². The van der Waals surface area contributed by atoms with E-state index in [9.17, 15) is 4.79 Å². The van der Waals surface area contributed by atoms with Gasteiger partial charge in [-0.3, -0.25) is 4.79 Å². The van der Waals surface area contributed by atoms with Gasteiger partial charge in [0.05, 0.1) is 25.4 Å². The van der Waals surface area contributed by atoms with Crippen LogP contribution in [0.1, 0.15) is 16.1 Å². The first kappa shape index (κ1) is 16.2. The maximum atomic E-state index is 12.3. The van der Waals surface area contributed by atoms with Crippen LogP contribution in [0, 0.1) is 0 Å². The zero-order valence-electron chi connectivity index (χ0n) is 13.8. The zero-order valence-corrected chi connectivity index (χ0v) is 14.6. The van der Waals surface area contributed by atoms with E-state index in [1.165, 1.54) is 0 Å².